The highest BCUT2D eigenvalue weighted by Gasteiger charge is 2.10. The average molecular weight is 198 g/mol. The molecule has 0 saturated carbocycles. The first-order valence-electron chi connectivity index (χ1n) is 4.49. The molecule has 3 heteroatoms. The minimum Gasteiger partial charge on any atom is -0.343 e. The lowest BCUT2D eigenvalue weighted by Gasteiger charge is -2.12. The molecule has 0 radical (unpaired) electrons. The summed E-state index contributed by atoms with van der Waals surface area (Å²) in [5, 5.41) is 0.613. The van der Waals surface area contributed by atoms with E-state index in [1.54, 1.807) is 12.1 Å². The molecule has 2 unspecified atom stereocenters. The standard InChI is InChI=1S/C10H15O2P/c1-3-8(2)9-6-4-5-7-10(9)13(11)12/h4-8,13H,3H2,1-2H3,(H,11,12). The minimum atomic E-state index is -2.55. The highest BCUT2D eigenvalue weighted by Crippen LogP contribution is 2.23. The third-order valence-corrected chi connectivity index (χ3v) is 3.25. The van der Waals surface area contributed by atoms with Gasteiger partial charge in [-0.05, 0) is 24.0 Å². The van der Waals surface area contributed by atoms with Crippen LogP contribution in [0.2, 0.25) is 0 Å². The normalized spacial score (nSPS) is 15.3. The molecule has 1 rings (SSSR count). The highest BCUT2D eigenvalue weighted by atomic mass is 31.1. The Morgan fingerprint density at radius 3 is 2.62 bits per heavy atom. The Labute approximate surface area is 79.5 Å². The molecule has 13 heavy (non-hydrogen) atoms. The van der Waals surface area contributed by atoms with E-state index in [0.717, 1.165) is 12.0 Å². The second-order valence-electron chi connectivity index (χ2n) is 3.20. The van der Waals surface area contributed by atoms with Crippen molar-refractivity contribution in [2.24, 2.45) is 0 Å². The largest absolute Gasteiger partial charge is 0.343 e. The topological polar surface area (TPSA) is 37.3 Å². The van der Waals surface area contributed by atoms with E-state index in [9.17, 15) is 4.57 Å². The van der Waals surface area contributed by atoms with Crippen molar-refractivity contribution >= 4 is 13.3 Å². The van der Waals surface area contributed by atoms with Crippen LogP contribution in [0.3, 0.4) is 0 Å². The van der Waals surface area contributed by atoms with Gasteiger partial charge in [0, 0.05) is 5.30 Å². The van der Waals surface area contributed by atoms with Crippen LogP contribution in [0.5, 0.6) is 0 Å². The van der Waals surface area contributed by atoms with Crippen LogP contribution in [-0.2, 0) is 4.57 Å². The minimum absolute atomic E-state index is 0.359. The van der Waals surface area contributed by atoms with Gasteiger partial charge in [0.1, 0.15) is 0 Å². The van der Waals surface area contributed by atoms with Gasteiger partial charge in [-0.2, -0.15) is 0 Å². The smallest absolute Gasteiger partial charge is 0.218 e. The van der Waals surface area contributed by atoms with E-state index >= 15 is 0 Å². The fourth-order valence-electron chi connectivity index (χ4n) is 1.34. The first kappa shape index (κ1) is 10.5. The third kappa shape index (κ3) is 2.43. The van der Waals surface area contributed by atoms with E-state index < -0.39 is 8.03 Å². The van der Waals surface area contributed by atoms with Crippen LogP contribution < -0.4 is 5.30 Å². The molecule has 2 atom stereocenters. The maximum atomic E-state index is 11.0. The van der Waals surface area contributed by atoms with Gasteiger partial charge in [0.2, 0.25) is 8.03 Å². The van der Waals surface area contributed by atoms with Crippen molar-refractivity contribution in [3.63, 3.8) is 0 Å². The van der Waals surface area contributed by atoms with Gasteiger partial charge in [-0.15, -0.1) is 0 Å². The molecule has 2 nitrogen and oxygen atoms in total. The molecule has 1 N–H and O–H groups in total. The molecule has 0 aliphatic carbocycles. The van der Waals surface area contributed by atoms with Crippen LogP contribution in [0.25, 0.3) is 0 Å². The fraction of sp³-hybridized carbons (Fsp3) is 0.400. The van der Waals surface area contributed by atoms with Gasteiger partial charge in [-0.25, -0.2) is 0 Å². The van der Waals surface area contributed by atoms with Gasteiger partial charge >= 0.3 is 0 Å². The Kier molecular flexibility index (Phi) is 3.71. The summed E-state index contributed by atoms with van der Waals surface area (Å²) in [6, 6.07) is 7.39. The summed E-state index contributed by atoms with van der Waals surface area (Å²) in [6.07, 6.45) is 0.992. The Hall–Kier alpha value is -0.590. The zero-order valence-electron chi connectivity index (χ0n) is 7.95. The molecule has 1 aromatic rings. The van der Waals surface area contributed by atoms with Crippen molar-refractivity contribution < 1.29 is 9.46 Å². The summed E-state index contributed by atoms with van der Waals surface area (Å²) in [7, 11) is -2.55. The van der Waals surface area contributed by atoms with E-state index in [0.29, 0.717) is 11.2 Å². The van der Waals surface area contributed by atoms with Crippen molar-refractivity contribution in [1.82, 2.24) is 0 Å². The van der Waals surface area contributed by atoms with Crippen LogP contribution in [0.1, 0.15) is 31.7 Å². The SMILES string of the molecule is CCC(C)c1ccccc1[PH](=O)O. The van der Waals surface area contributed by atoms with Crippen LogP contribution in [-0.4, -0.2) is 4.89 Å². The zero-order chi connectivity index (χ0) is 9.84. The van der Waals surface area contributed by atoms with Gasteiger partial charge in [-0.3, -0.25) is 4.57 Å². The van der Waals surface area contributed by atoms with Crippen molar-refractivity contribution in [3.8, 4) is 0 Å². The second kappa shape index (κ2) is 4.59. The molecule has 0 spiro atoms. The van der Waals surface area contributed by atoms with Crippen LogP contribution >= 0.6 is 8.03 Å². The number of benzene rings is 1. The summed E-state index contributed by atoms with van der Waals surface area (Å²) in [5.41, 5.74) is 1.01. The Balaban J connectivity index is 3.11. The van der Waals surface area contributed by atoms with E-state index in [-0.39, 0.29) is 0 Å². The summed E-state index contributed by atoms with van der Waals surface area (Å²) in [5.74, 6) is 0.359. The number of hydrogen-bond acceptors (Lipinski definition) is 1. The molecule has 0 aliphatic heterocycles. The lowest BCUT2D eigenvalue weighted by molar-refractivity contribution is 0.512. The predicted octanol–water partition coefficient (Wildman–Crippen LogP) is 2.29. The quantitative estimate of drug-likeness (QED) is 0.756. The zero-order valence-corrected chi connectivity index (χ0v) is 8.95. The first-order valence-corrected chi connectivity index (χ1v) is 5.84. The van der Waals surface area contributed by atoms with Gasteiger partial charge in [0.25, 0.3) is 0 Å². The highest BCUT2D eigenvalue weighted by molar-refractivity contribution is 7.47. The molecule has 72 valence electrons. The molecule has 0 heterocycles. The van der Waals surface area contributed by atoms with E-state index in [1.807, 2.05) is 12.1 Å². The fourth-order valence-corrected chi connectivity index (χ4v) is 2.16. The third-order valence-electron chi connectivity index (χ3n) is 2.33. The molecule has 1 aromatic carbocycles. The summed E-state index contributed by atoms with van der Waals surface area (Å²) in [6.45, 7) is 4.15. The summed E-state index contributed by atoms with van der Waals surface area (Å²) >= 11 is 0. The maximum absolute atomic E-state index is 11.0. The predicted molar refractivity (Wildman–Crippen MR) is 56.0 cm³/mol. The lowest BCUT2D eigenvalue weighted by Crippen LogP contribution is -2.07. The van der Waals surface area contributed by atoms with Crippen LogP contribution in [0.4, 0.5) is 0 Å². The van der Waals surface area contributed by atoms with E-state index in [2.05, 4.69) is 13.8 Å². The van der Waals surface area contributed by atoms with Crippen molar-refractivity contribution in [2.45, 2.75) is 26.2 Å². The maximum Gasteiger partial charge on any atom is 0.218 e. The average Bonchev–Trinajstić information content (AvgIpc) is 2.16. The lowest BCUT2D eigenvalue weighted by atomic mass is 9.99. The molecule has 0 amide bonds. The van der Waals surface area contributed by atoms with Crippen molar-refractivity contribution in [2.75, 3.05) is 0 Å². The van der Waals surface area contributed by atoms with Crippen molar-refractivity contribution in [3.05, 3.63) is 29.8 Å². The van der Waals surface area contributed by atoms with Gasteiger partial charge in [-0.1, -0.05) is 32.0 Å². The molecular weight excluding hydrogens is 183 g/mol. The van der Waals surface area contributed by atoms with Gasteiger partial charge in [0.15, 0.2) is 0 Å². The van der Waals surface area contributed by atoms with E-state index in [1.165, 1.54) is 0 Å². The van der Waals surface area contributed by atoms with Gasteiger partial charge < -0.3 is 4.89 Å². The van der Waals surface area contributed by atoms with Crippen molar-refractivity contribution in [1.29, 1.82) is 0 Å². The molecule has 0 fully saturated rings. The Morgan fingerprint density at radius 1 is 1.46 bits per heavy atom. The van der Waals surface area contributed by atoms with E-state index in [4.69, 9.17) is 4.89 Å². The monoisotopic (exact) mass is 198 g/mol. The second-order valence-corrected chi connectivity index (χ2v) is 4.35. The number of rotatable bonds is 3. The molecule has 0 saturated heterocycles. The molecular formula is C10H15O2P. The Morgan fingerprint density at radius 2 is 2.08 bits per heavy atom. The van der Waals surface area contributed by atoms with Crippen LogP contribution in [0.15, 0.2) is 24.3 Å². The summed E-state index contributed by atoms with van der Waals surface area (Å²) in [4.78, 5) is 9.10. The molecule has 0 aliphatic rings. The molecule has 0 bridgehead atoms. The summed E-state index contributed by atoms with van der Waals surface area (Å²) < 4.78 is 11.0. The van der Waals surface area contributed by atoms with Crippen LogP contribution in [0, 0.1) is 0 Å². The van der Waals surface area contributed by atoms with Gasteiger partial charge in [0.05, 0.1) is 0 Å². The Bertz CT molecular complexity index is 310. The molecule has 0 aromatic heterocycles. The number of hydrogen-bond donors (Lipinski definition) is 1. The first-order chi connectivity index (χ1) is 6.16.